The predicted octanol–water partition coefficient (Wildman–Crippen LogP) is 4.53. The molecule has 0 bridgehead atoms. The van der Waals surface area contributed by atoms with Gasteiger partial charge in [0.15, 0.2) is 0 Å². The highest BCUT2D eigenvalue weighted by molar-refractivity contribution is 5.79. The Labute approximate surface area is 157 Å². The maximum atomic E-state index is 12.3. The Balaban J connectivity index is 2.59. The second kappa shape index (κ2) is 10.2. The van der Waals surface area contributed by atoms with Gasteiger partial charge in [-0.25, -0.2) is 0 Å². The van der Waals surface area contributed by atoms with Crippen LogP contribution in [-0.2, 0) is 19.1 Å². The number of ether oxygens (including phenoxy) is 3. The van der Waals surface area contributed by atoms with Crippen LogP contribution in [0.3, 0.4) is 0 Å². The van der Waals surface area contributed by atoms with Gasteiger partial charge >= 0.3 is 11.9 Å². The second-order valence-corrected chi connectivity index (χ2v) is 7.59. The van der Waals surface area contributed by atoms with Crippen molar-refractivity contribution in [3.63, 3.8) is 0 Å². The van der Waals surface area contributed by atoms with E-state index in [1.807, 2.05) is 37.3 Å². The highest BCUT2D eigenvalue weighted by atomic mass is 16.6. The first-order valence-electron chi connectivity index (χ1n) is 9.26. The van der Waals surface area contributed by atoms with Crippen LogP contribution in [0.4, 0.5) is 0 Å². The first kappa shape index (κ1) is 22.0. The van der Waals surface area contributed by atoms with E-state index in [2.05, 4.69) is 6.92 Å². The summed E-state index contributed by atoms with van der Waals surface area (Å²) >= 11 is 0. The summed E-state index contributed by atoms with van der Waals surface area (Å²) in [5, 5.41) is 0. The SMILES string of the molecule is CCC[C@@H](Oc1ccccc1)[C@H](C)OC(=O)[C@H](C)CC(=O)OC(C)(C)C. The molecule has 146 valence electrons. The van der Waals surface area contributed by atoms with Crippen molar-refractivity contribution < 1.29 is 23.8 Å². The van der Waals surface area contributed by atoms with Crippen molar-refractivity contribution in [1.29, 1.82) is 0 Å². The molecule has 26 heavy (non-hydrogen) atoms. The lowest BCUT2D eigenvalue weighted by atomic mass is 10.1. The molecule has 0 saturated carbocycles. The van der Waals surface area contributed by atoms with Crippen molar-refractivity contribution >= 4 is 11.9 Å². The maximum absolute atomic E-state index is 12.3. The minimum Gasteiger partial charge on any atom is -0.487 e. The monoisotopic (exact) mass is 364 g/mol. The highest BCUT2D eigenvalue weighted by Gasteiger charge is 2.27. The lowest BCUT2D eigenvalue weighted by Crippen LogP contribution is -2.35. The molecular weight excluding hydrogens is 332 g/mol. The fraction of sp³-hybridized carbons (Fsp3) is 0.619. The van der Waals surface area contributed by atoms with Crippen molar-refractivity contribution in [2.45, 2.75) is 78.6 Å². The van der Waals surface area contributed by atoms with E-state index >= 15 is 0 Å². The van der Waals surface area contributed by atoms with Gasteiger partial charge in [0.25, 0.3) is 0 Å². The van der Waals surface area contributed by atoms with Crippen LogP contribution in [0.25, 0.3) is 0 Å². The molecule has 0 heterocycles. The van der Waals surface area contributed by atoms with E-state index in [9.17, 15) is 9.59 Å². The molecule has 0 N–H and O–H groups in total. The fourth-order valence-corrected chi connectivity index (χ4v) is 2.44. The van der Waals surface area contributed by atoms with Crippen molar-refractivity contribution in [1.82, 2.24) is 0 Å². The first-order valence-corrected chi connectivity index (χ1v) is 9.26. The van der Waals surface area contributed by atoms with Gasteiger partial charge in [0.05, 0.1) is 12.3 Å². The molecule has 1 rings (SSSR count). The fourth-order valence-electron chi connectivity index (χ4n) is 2.44. The van der Waals surface area contributed by atoms with Crippen LogP contribution in [0.5, 0.6) is 5.75 Å². The molecule has 3 atom stereocenters. The van der Waals surface area contributed by atoms with Gasteiger partial charge in [-0.15, -0.1) is 0 Å². The van der Waals surface area contributed by atoms with Crippen LogP contribution in [0.2, 0.25) is 0 Å². The number of benzene rings is 1. The van der Waals surface area contributed by atoms with E-state index in [1.165, 1.54) is 0 Å². The Morgan fingerprint density at radius 3 is 2.23 bits per heavy atom. The number of esters is 2. The molecule has 0 aliphatic heterocycles. The lowest BCUT2D eigenvalue weighted by molar-refractivity contribution is -0.165. The Bertz CT molecular complexity index is 562. The number of para-hydroxylation sites is 1. The van der Waals surface area contributed by atoms with Crippen LogP contribution in [0.15, 0.2) is 30.3 Å². The molecule has 1 aromatic rings. The molecule has 0 aliphatic rings. The summed E-state index contributed by atoms with van der Waals surface area (Å²) in [6, 6.07) is 9.48. The molecule has 5 heteroatoms. The van der Waals surface area contributed by atoms with Gasteiger partial charge in [0.2, 0.25) is 0 Å². The normalized spacial score (nSPS) is 14.8. The number of carbonyl (C=O) groups is 2. The Morgan fingerprint density at radius 1 is 1.08 bits per heavy atom. The zero-order valence-electron chi connectivity index (χ0n) is 16.8. The molecule has 0 aliphatic carbocycles. The van der Waals surface area contributed by atoms with Crippen LogP contribution in [0.1, 0.15) is 60.8 Å². The van der Waals surface area contributed by atoms with Gasteiger partial charge in [0, 0.05) is 0 Å². The Hall–Kier alpha value is -2.04. The lowest BCUT2D eigenvalue weighted by Gasteiger charge is -2.26. The van der Waals surface area contributed by atoms with E-state index in [1.54, 1.807) is 27.7 Å². The second-order valence-electron chi connectivity index (χ2n) is 7.59. The molecule has 5 nitrogen and oxygen atoms in total. The van der Waals surface area contributed by atoms with Gasteiger partial charge in [0.1, 0.15) is 23.6 Å². The zero-order valence-corrected chi connectivity index (χ0v) is 16.8. The van der Waals surface area contributed by atoms with Crippen molar-refractivity contribution in [2.75, 3.05) is 0 Å². The van der Waals surface area contributed by atoms with E-state index < -0.39 is 29.6 Å². The summed E-state index contributed by atoms with van der Waals surface area (Å²) < 4.78 is 16.8. The highest BCUT2D eigenvalue weighted by Crippen LogP contribution is 2.19. The molecular formula is C21H32O5. The van der Waals surface area contributed by atoms with Crippen molar-refractivity contribution in [3.05, 3.63) is 30.3 Å². The molecule has 0 radical (unpaired) electrons. The minimum atomic E-state index is -0.566. The summed E-state index contributed by atoms with van der Waals surface area (Å²) in [7, 11) is 0. The van der Waals surface area contributed by atoms with E-state index in [-0.39, 0.29) is 12.5 Å². The van der Waals surface area contributed by atoms with E-state index in [0.29, 0.717) is 0 Å². The summed E-state index contributed by atoms with van der Waals surface area (Å²) in [6.45, 7) is 10.9. The molecule has 0 amide bonds. The molecule has 0 fully saturated rings. The van der Waals surface area contributed by atoms with Gasteiger partial charge in [-0.2, -0.15) is 0 Å². The average Bonchev–Trinajstić information content (AvgIpc) is 2.53. The predicted molar refractivity (Wildman–Crippen MR) is 101 cm³/mol. The number of carbonyl (C=O) groups excluding carboxylic acids is 2. The van der Waals surface area contributed by atoms with Crippen LogP contribution >= 0.6 is 0 Å². The number of rotatable bonds is 9. The van der Waals surface area contributed by atoms with Crippen molar-refractivity contribution in [3.8, 4) is 5.75 Å². The Kier molecular flexibility index (Phi) is 8.62. The Morgan fingerprint density at radius 2 is 1.69 bits per heavy atom. The summed E-state index contributed by atoms with van der Waals surface area (Å²) in [6.07, 6.45) is 1.03. The van der Waals surface area contributed by atoms with Crippen LogP contribution in [-0.4, -0.2) is 29.7 Å². The molecule has 0 saturated heterocycles. The molecule has 0 aromatic heterocycles. The third-order valence-electron chi connectivity index (χ3n) is 3.72. The van der Waals surface area contributed by atoms with Crippen LogP contribution < -0.4 is 4.74 Å². The van der Waals surface area contributed by atoms with Crippen molar-refractivity contribution in [2.24, 2.45) is 5.92 Å². The van der Waals surface area contributed by atoms with Gasteiger partial charge in [-0.1, -0.05) is 38.5 Å². The van der Waals surface area contributed by atoms with Gasteiger partial charge < -0.3 is 14.2 Å². The third-order valence-corrected chi connectivity index (χ3v) is 3.72. The summed E-state index contributed by atoms with van der Waals surface area (Å²) in [5.74, 6) is -0.636. The molecule has 0 unspecified atom stereocenters. The summed E-state index contributed by atoms with van der Waals surface area (Å²) in [4.78, 5) is 24.2. The average molecular weight is 364 g/mol. The number of hydrogen-bond acceptors (Lipinski definition) is 5. The molecule has 1 aromatic carbocycles. The third kappa shape index (κ3) is 8.37. The summed E-state index contributed by atoms with van der Waals surface area (Å²) in [5.41, 5.74) is -0.566. The zero-order chi connectivity index (χ0) is 19.7. The van der Waals surface area contributed by atoms with Gasteiger partial charge in [-0.05, 0) is 46.2 Å². The smallest absolute Gasteiger partial charge is 0.309 e. The molecule has 0 spiro atoms. The number of hydrogen-bond donors (Lipinski definition) is 0. The van der Waals surface area contributed by atoms with E-state index in [4.69, 9.17) is 14.2 Å². The quantitative estimate of drug-likeness (QED) is 0.602. The largest absolute Gasteiger partial charge is 0.487 e. The topological polar surface area (TPSA) is 61.8 Å². The maximum Gasteiger partial charge on any atom is 0.309 e. The minimum absolute atomic E-state index is 0.000804. The van der Waals surface area contributed by atoms with Gasteiger partial charge in [-0.3, -0.25) is 9.59 Å². The van der Waals surface area contributed by atoms with E-state index in [0.717, 1.165) is 18.6 Å². The van der Waals surface area contributed by atoms with Crippen LogP contribution in [0, 0.1) is 5.92 Å². The first-order chi connectivity index (χ1) is 12.1. The standard InChI is InChI=1S/C21H32O5/c1-7-11-18(25-17-12-9-8-10-13-17)16(3)24-20(23)15(2)14-19(22)26-21(4,5)6/h8-10,12-13,15-16,18H,7,11,14H2,1-6H3/t15-,16+,18-/m1/s1.